The number of hydrogen-bond acceptors (Lipinski definition) is 4. The van der Waals surface area contributed by atoms with Gasteiger partial charge in [0.15, 0.2) is 0 Å². The Bertz CT molecular complexity index is 1060. The maximum Gasteiger partial charge on any atom is 0.273 e. The first-order chi connectivity index (χ1) is 12.8. The standard InChI is InChI=1S/C19H17ClN2O3S2/c1-13-5-8-15(12-17(13)20)21-19(23)14-6-9-16(10-7-14)22(2)27(24,25)18-4-3-11-26-18/h3-12H,1-2H3,(H,21,23). The molecule has 2 aromatic carbocycles. The van der Waals surface area contributed by atoms with E-state index in [2.05, 4.69) is 5.32 Å². The molecule has 0 saturated carbocycles. The van der Waals surface area contributed by atoms with Crippen LogP contribution in [-0.2, 0) is 10.0 Å². The molecule has 1 heterocycles. The third-order valence-corrected chi connectivity index (χ3v) is 7.60. The van der Waals surface area contributed by atoms with E-state index in [0.717, 1.165) is 16.9 Å². The second kappa shape index (κ2) is 7.72. The van der Waals surface area contributed by atoms with Crippen LogP contribution < -0.4 is 9.62 Å². The number of sulfonamides is 1. The summed E-state index contributed by atoms with van der Waals surface area (Å²) < 4.78 is 26.6. The summed E-state index contributed by atoms with van der Waals surface area (Å²) in [5.74, 6) is -0.301. The number of rotatable bonds is 5. The molecule has 140 valence electrons. The molecule has 0 atom stereocenters. The lowest BCUT2D eigenvalue weighted by Crippen LogP contribution is -2.25. The minimum absolute atomic E-state index is 0.267. The number of carbonyl (C=O) groups excluding carboxylic acids is 1. The molecule has 0 unspecified atom stereocenters. The van der Waals surface area contributed by atoms with Crippen molar-refractivity contribution in [2.24, 2.45) is 0 Å². The Morgan fingerprint density at radius 1 is 1.11 bits per heavy atom. The zero-order valence-corrected chi connectivity index (χ0v) is 17.0. The van der Waals surface area contributed by atoms with Crippen molar-refractivity contribution in [3.05, 3.63) is 76.1 Å². The van der Waals surface area contributed by atoms with Gasteiger partial charge >= 0.3 is 0 Å². The van der Waals surface area contributed by atoms with Crippen molar-refractivity contribution in [3.63, 3.8) is 0 Å². The number of anilines is 2. The van der Waals surface area contributed by atoms with Crippen LogP contribution in [0, 0.1) is 6.92 Å². The minimum Gasteiger partial charge on any atom is -0.322 e. The Morgan fingerprint density at radius 3 is 2.41 bits per heavy atom. The van der Waals surface area contributed by atoms with Gasteiger partial charge in [-0.1, -0.05) is 23.7 Å². The molecule has 0 aliphatic carbocycles. The first-order valence-corrected chi connectivity index (χ1v) is 10.7. The Hall–Kier alpha value is -2.35. The fourth-order valence-corrected chi connectivity index (χ4v) is 4.92. The maximum absolute atomic E-state index is 12.6. The molecule has 27 heavy (non-hydrogen) atoms. The van der Waals surface area contributed by atoms with Gasteiger partial charge in [-0.2, -0.15) is 0 Å². The molecular weight excluding hydrogens is 404 g/mol. The summed E-state index contributed by atoms with van der Waals surface area (Å²) in [6, 6.07) is 14.9. The SMILES string of the molecule is Cc1ccc(NC(=O)c2ccc(N(C)S(=O)(=O)c3cccs3)cc2)cc1Cl. The molecule has 0 saturated heterocycles. The highest BCUT2D eigenvalue weighted by molar-refractivity contribution is 7.94. The van der Waals surface area contributed by atoms with E-state index in [4.69, 9.17) is 11.6 Å². The van der Waals surface area contributed by atoms with E-state index in [1.807, 2.05) is 13.0 Å². The van der Waals surface area contributed by atoms with E-state index < -0.39 is 10.0 Å². The molecule has 0 fully saturated rings. The van der Waals surface area contributed by atoms with Gasteiger partial charge in [0, 0.05) is 23.3 Å². The van der Waals surface area contributed by atoms with E-state index >= 15 is 0 Å². The van der Waals surface area contributed by atoms with Crippen molar-refractivity contribution in [1.29, 1.82) is 0 Å². The van der Waals surface area contributed by atoms with Crippen molar-refractivity contribution in [2.45, 2.75) is 11.1 Å². The predicted octanol–water partition coefficient (Wildman–Crippen LogP) is 4.79. The molecule has 0 radical (unpaired) electrons. The van der Waals surface area contributed by atoms with Crippen LogP contribution in [0.3, 0.4) is 0 Å². The molecule has 3 aromatic rings. The molecule has 3 rings (SSSR count). The highest BCUT2D eigenvalue weighted by Crippen LogP contribution is 2.26. The second-order valence-corrected chi connectivity index (χ2v) is 9.42. The minimum atomic E-state index is -3.60. The molecule has 0 bridgehead atoms. The van der Waals surface area contributed by atoms with Crippen molar-refractivity contribution >= 4 is 50.2 Å². The normalized spacial score (nSPS) is 11.2. The molecule has 0 spiro atoms. The Kier molecular flexibility index (Phi) is 5.55. The monoisotopic (exact) mass is 420 g/mol. The average molecular weight is 421 g/mol. The number of benzene rings is 2. The first-order valence-electron chi connectivity index (χ1n) is 7.99. The largest absolute Gasteiger partial charge is 0.322 e. The number of carbonyl (C=O) groups is 1. The van der Waals surface area contributed by atoms with Crippen LogP contribution in [-0.4, -0.2) is 21.4 Å². The summed E-state index contributed by atoms with van der Waals surface area (Å²) in [5.41, 5.74) is 2.40. The van der Waals surface area contributed by atoms with E-state index in [0.29, 0.717) is 22.0 Å². The number of nitrogens with one attached hydrogen (secondary N) is 1. The fraction of sp³-hybridized carbons (Fsp3) is 0.105. The third-order valence-electron chi connectivity index (χ3n) is 4.03. The van der Waals surface area contributed by atoms with Crippen LogP contribution in [0.25, 0.3) is 0 Å². The molecule has 1 amide bonds. The number of halogens is 1. The zero-order valence-electron chi connectivity index (χ0n) is 14.6. The Labute approximate surface area is 167 Å². The lowest BCUT2D eigenvalue weighted by Gasteiger charge is -2.18. The molecule has 0 aliphatic heterocycles. The smallest absolute Gasteiger partial charge is 0.273 e. The molecule has 1 N–H and O–H groups in total. The number of hydrogen-bond donors (Lipinski definition) is 1. The summed E-state index contributed by atoms with van der Waals surface area (Å²) in [6.07, 6.45) is 0. The van der Waals surface area contributed by atoms with Gasteiger partial charge in [-0.25, -0.2) is 8.42 Å². The van der Waals surface area contributed by atoms with Crippen LogP contribution in [0.1, 0.15) is 15.9 Å². The molecule has 1 aromatic heterocycles. The predicted molar refractivity (Wildman–Crippen MR) is 110 cm³/mol. The highest BCUT2D eigenvalue weighted by Gasteiger charge is 2.22. The van der Waals surface area contributed by atoms with Crippen molar-refractivity contribution in [3.8, 4) is 0 Å². The molecule has 0 aliphatic rings. The highest BCUT2D eigenvalue weighted by atomic mass is 35.5. The van der Waals surface area contributed by atoms with E-state index in [1.165, 1.54) is 11.4 Å². The number of aryl methyl sites for hydroxylation is 1. The topological polar surface area (TPSA) is 66.5 Å². The van der Waals surface area contributed by atoms with Gasteiger partial charge in [-0.05, 0) is 60.3 Å². The average Bonchev–Trinajstić information content (AvgIpc) is 3.20. The van der Waals surface area contributed by atoms with E-state index in [9.17, 15) is 13.2 Å². The second-order valence-electron chi connectivity index (χ2n) is 5.87. The number of nitrogens with zero attached hydrogens (tertiary/aromatic N) is 1. The van der Waals surface area contributed by atoms with Crippen LogP contribution >= 0.6 is 22.9 Å². The Morgan fingerprint density at radius 2 is 1.81 bits per heavy atom. The Balaban J connectivity index is 1.76. The summed E-state index contributed by atoms with van der Waals surface area (Å²) >= 11 is 7.23. The first kappa shape index (κ1) is 19.4. The van der Waals surface area contributed by atoms with Gasteiger partial charge in [0.2, 0.25) is 0 Å². The van der Waals surface area contributed by atoms with Gasteiger partial charge in [-0.15, -0.1) is 11.3 Å². The van der Waals surface area contributed by atoms with Crippen molar-refractivity contribution in [1.82, 2.24) is 0 Å². The quantitative estimate of drug-likeness (QED) is 0.645. The summed E-state index contributed by atoms with van der Waals surface area (Å²) in [5, 5.41) is 5.06. The van der Waals surface area contributed by atoms with Crippen LogP contribution in [0.2, 0.25) is 5.02 Å². The van der Waals surface area contributed by atoms with Crippen LogP contribution in [0.15, 0.2) is 64.2 Å². The number of thiophene rings is 1. The third kappa shape index (κ3) is 4.16. The van der Waals surface area contributed by atoms with Gasteiger partial charge in [-0.3, -0.25) is 9.10 Å². The van der Waals surface area contributed by atoms with Crippen molar-refractivity contribution < 1.29 is 13.2 Å². The van der Waals surface area contributed by atoms with Gasteiger partial charge in [0.1, 0.15) is 4.21 Å². The van der Waals surface area contributed by atoms with Crippen LogP contribution in [0.4, 0.5) is 11.4 Å². The molecule has 5 nitrogen and oxygen atoms in total. The molecular formula is C19H17ClN2O3S2. The van der Waals surface area contributed by atoms with Gasteiger partial charge < -0.3 is 5.32 Å². The summed E-state index contributed by atoms with van der Waals surface area (Å²) in [7, 11) is -2.12. The summed E-state index contributed by atoms with van der Waals surface area (Å²) in [4.78, 5) is 12.4. The maximum atomic E-state index is 12.6. The van der Waals surface area contributed by atoms with Gasteiger partial charge in [0.25, 0.3) is 15.9 Å². The lowest BCUT2D eigenvalue weighted by molar-refractivity contribution is 0.102. The fourth-order valence-electron chi connectivity index (χ4n) is 2.38. The van der Waals surface area contributed by atoms with Gasteiger partial charge in [0.05, 0.1) is 5.69 Å². The van der Waals surface area contributed by atoms with Crippen molar-refractivity contribution in [2.75, 3.05) is 16.7 Å². The lowest BCUT2D eigenvalue weighted by atomic mass is 10.1. The zero-order chi connectivity index (χ0) is 19.6. The number of amides is 1. The van der Waals surface area contributed by atoms with E-state index in [-0.39, 0.29) is 10.1 Å². The van der Waals surface area contributed by atoms with Crippen LogP contribution in [0.5, 0.6) is 0 Å². The van der Waals surface area contributed by atoms with E-state index in [1.54, 1.807) is 53.9 Å². The molecule has 8 heteroatoms. The summed E-state index contributed by atoms with van der Waals surface area (Å²) in [6.45, 7) is 1.88.